The van der Waals surface area contributed by atoms with Gasteiger partial charge in [0.2, 0.25) is 0 Å². The van der Waals surface area contributed by atoms with Gasteiger partial charge in [0.25, 0.3) is 0 Å². The number of alkyl halides is 3. The predicted octanol–water partition coefficient (Wildman–Crippen LogP) is 5.41. The lowest BCUT2D eigenvalue weighted by Gasteiger charge is -2.08. The third kappa shape index (κ3) is 11.8. The molecule has 0 heterocycles. The molecule has 2 aromatic rings. The summed E-state index contributed by atoms with van der Waals surface area (Å²) in [6, 6.07) is 18.3. The van der Waals surface area contributed by atoms with Crippen LogP contribution in [0.2, 0.25) is 0 Å². The smallest absolute Gasteiger partial charge is 0.491 e. The van der Waals surface area contributed by atoms with Gasteiger partial charge in [-0.05, 0) is 55.5 Å². The second-order valence-corrected chi connectivity index (χ2v) is 8.01. The number of ether oxygens (including phenoxy) is 2. The van der Waals surface area contributed by atoms with Crippen molar-refractivity contribution >= 4 is 11.9 Å². The van der Waals surface area contributed by atoms with E-state index in [9.17, 15) is 22.8 Å². The highest BCUT2D eigenvalue weighted by Crippen LogP contribution is 2.17. The Morgan fingerprint density at radius 1 is 0.765 bits per heavy atom. The van der Waals surface area contributed by atoms with E-state index < -0.39 is 18.1 Å². The summed E-state index contributed by atoms with van der Waals surface area (Å²) >= 11 is 0. The van der Waals surface area contributed by atoms with Gasteiger partial charge in [0, 0.05) is 6.54 Å². The zero-order valence-corrected chi connectivity index (χ0v) is 19.2. The minimum Gasteiger partial charge on any atom is -0.494 e. The fourth-order valence-corrected chi connectivity index (χ4v) is 3.31. The monoisotopic (exact) mass is 479 g/mol. The van der Waals surface area contributed by atoms with Gasteiger partial charge >= 0.3 is 18.1 Å². The van der Waals surface area contributed by atoms with Crippen LogP contribution in [0.25, 0.3) is 0 Å². The summed E-state index contributed by atoms with van der Waals surface area (Å²) in [5, 5.41) is 2.94. The van der Waals surface area contributed by atoms with E-state index in [1.54, 1.807) is 0 Å². The summed E-state index contributed by atoms with van der Waals surface area (Å²) in [7, 11) is 0. The molecule has 0 aliphatic carbocycles. The molecule has 0 fully saturated rings. The van der Waals surface area contributed by atoms with Crippen LogP contribution >= 0.6 is 0 Å². The lowest BCUT2D eigenvalue weighted by atomic mass is 10.1. The fraction of sp³-hybridized carbons (Fsp3) is 0.462. The number of hydrogen-bond donors (Lipinski definition) is 1. The second kappa shape index (κ2) is 15.1. The highest BCUT2D eigenvalue weighted by molar-refractivity contribution is 5.88. The van der Waals surface area contributed by atoms with Crippen molar-refractivity contribution in [3.8, 4) is 5.75 Å². The zero-order valence-electron chi connectivity index (χ0n) is 19.2. The van der Waals surface area contributed by atoms with Crippen LogP contribution in [-0.2, 0) is 27.2 Å². The second-order valence-electron chi connectivity index (χ2n) is 8.01. The number of carbonyl (C=O) groups is 2. The van der Waals surface area contributed by atoms with Gasteiger partial charge < -0.3 is 14.8 Å². The molecular weight excluding hydrogens is 447 g/mol. The molecule has 1 N–H and O–H groups in total. The molecule has 0 aliphatic rings. The zero-order chi connectivity index (χ0) is 24.7. The van der Waals surface area contributed by atoms with Crippen molar-refractivity contribution in [3.05, 3.63) is 65.7 Å². The molecule has 8 heteroatoms. The molecule has 2 rings (SSSR count). The molecule has 2 aromatic carbocycles. The summed E-state index contributed by atoms with van der Waals surface area (Å²) in [4.78, 5) is 21.8. The Bertz CT molecular complexity index is 855. The maximum absolute atomic E-state index is 12.0. The van der Waals surface area contributed by atoms with E-state index in [2.05, 4.69) is 34.3 Å². The van der Waals surface area contributed by atoms with Crippen molar-refractivity contribution in [2.24, 2.45) is 0 Å². The van der Waals surface area contributed by atoms with Crippen molar-refractivity contribution < 1.29 is 32.2 Å². The summed E-state index contributed by atoms with van der Waals surface area (Å²) in [6.07, 6.45) is 2.15. The summed E-state index contributed by atoms with van der Waals surface area (Å²) in [5.74, 6) is -2.87. The number of esters is 2. The van der Waals surface area contributed by atoms with Crippen molar-refractivity contribution in [1.29, 1.82) is 0 Å². The third-order valence-corrected chi connectivity index (χ3v) is 5.18. The van der Waals surface area contributed by atoms with E-state index in [0.29, 0.717) is 19.6 Å². The molecule has 0 saturated carbocycles. The lowest BCUT2D eigenvalue weighted by molar-refractivity contribution is -0.201. The molecular formula is C26H32F3NO4. The summed E-state index contributed by atoms with van der Waals surface area (Å²) in [6.45, 7) is 1.34. The Morgan fingerprint density at radius 3 is 2.12 bits per heavy atom. The van der Waals surface area contributed by atoms with E-state index in [-0.39, 0.29) is 13.0 Å². The summed E-state index contributed by atoms with van der Waals surface area (Å²) in [5.41, 5.74) is 2.46. The molecule has 0 saturated heterocycles. The molecule has 0 atom stereocenters. The van der Waals surface area contributed by atoms with Crippen molar-refractivity contribution in [3.63, 3.8) is 0 Å². The predicted molar refractivity (Wildman–Crippen MR) is 124 cm³/mol. The van der Waals surface area contributed by atoms with Crippen LogP contribution in [0, 0.1) is 0 Å². The number of nitrogens with one attached hydrogen (secondary N) is 1. The van der Waals surface area contributed by atoms with Gasteiger partial charge in [-0.15, -0.1) is 0 Å². The molecule has 0 aromatic heterocycles. The first-order chi connectivity index (χ1) is 16.3. The maximum Gasteiger partial charge on any atom is 0.491 e. The van der Waals surface area contributed by atoms with Gasteiger partial charge in [-0.1, -0.05) is 61.7 Å². The SMILES string of the molecule is O=C(CCNCCc1ccc(OCCCCCCCc2ccccc2)cc1)OC(=O)C(F)(F)F. The molecule has 0 spiro atoms. The Kier molecular flexibility index (Phi) is 12.2. The lowest BCUT2D eigenvalue weighted by Crippen LogP contribution is -2.29. The highest BCUT2D eigenvalue weighted by atomic mass is 19.4. The van der Waals surface area contributed by atoms with Gasteiger partial charge in [0.1, 0.15) is 5.75 Å². The Hall–Kier alpha value is -2.87. The molecule has 0 unspecified atom stereocenters. The number of hydrogen-bond acceptors (Lipinski definition) is 5. The summed E-state index contributed by atoms with van der Waals surface area (Å²) < 4.78 is 45.5. The van der Waals surface area contributed by atoms with E-state index in [4.69, 9.17) is 4.74 Å². The molecule has 34 heavy (non-hydrogen) atoms. The van der Waals surface area contributed by atoms with Gasteiger partial charge in [0.05, 0.1) is 13.0 Å². The topological polar surface area (TPSA) is 64.6 Å². The number of rotatable bonds is 15. The fourth-order valence-electron chi connectivity index (χ4n) is 3.31. The number of carbonyl (C=O) groups excluding carboxylic acids is 2. The maximum atomic E-state index is 12.0. The van der Waals surface area contributed by atoms with Crippen LogP contribution in [-0.4, -0.2) is 37.8 Å². The standard InChI is InChI=1S/C26H32F3NO4/c27-26(28,29)25(32)34-24(31)17-19-30-18-16-22-12-14-23(15-13-22)33-20-8-3-1-2-5-9-21-10-6-4-7-11-21/h4,6-7,10-15,30H,1-3,5,8-9,16-20H2. The first-order valence-corrected chi connectivity index (χ1v) is 11.6. The van der Waals surface area contributed by atoms with Crippen molar-refractivity contribution in [1.82, 2.24) is 5.32 Å². The van der Waals surface area contributed by atoms with E-state index in [1.807, 2.05) is 30.3 Å². The normalized spacial score (nSPS) is 11.3. The van der Waals surface area contributed by atoms with Crippen LogP contribution < -0.4 is 10.1 Å². The molecule has 0 bridgehead atoms. The largest absolute Gasteiger partial charge is 0.494 e. The van der Waals surface area contributed by atoms with Crippen molar-refractivity contribution in [2.45, 2.75) is 57.5 Å². The van der Waals surface area contributed by atoms with E-state index in [0.717, 1.165) is 30.6 Å². The minimum absolute atomic E-state index is 0.122. The third-order valence-electron chi connectivity index (χ3n) is 5.18. The molecule has 0 radical (unpaired) electrons. The van der Waals surface area contributed by atoms with Gasteiger partial charge in [-0.2, -0.15) is 13.2 Å². The molecule has 0 aliphatic heterocycles. The Labute approximate surface area is 198 Å². The first-order valence-electron chi connectivity index (χ1n) is 11.6. The van der Waals surface area contributed by atoms with Crippen LogP contribution in [0.3, 0.4) is 0 Å². The number of halogens is 3. The van der Waals surface area contributed by atoms with Crippen LogP contribution in [0.4, 0.5) is 13.2 Å². The average Bonchev–Trinajstić information content (AvgIpc) is 2.81. The van der Waals surface area contributed by atoms with E-state index >= 15 is 0 Å². The average molecular weight is 480 g/mol. The molecule has 186 valence electrons. The van der Waals surface area contributed by atoms with Crippen LogP contribution in [0.5, 0.6) is 5.75 Å². The minimum atomic E-state index is -5.17. The number of benzene rings is 2. The molecule has 0 amide bonds. The highest BCUT2D eigenvalue weighted by Gasteiger charge is 2.42. The quantitative estimate of drug-likeness (QED) is 0.210. The first kappa shape index (κ1) is 27.4. The van der Waals surface area contributed by atoms with Gasteiger partial charge in [-0.3, -0.25) is 4.79 Å². The van der Waals surface area contributed by atoms with Crippen LogP contribution in [0.1, 0.15) is 49.7 Å². The molecule has 5 nitrogen and oxygen atoms in total. The van der Waals surface area contributed by atoms with Crippen LogP contribution in [0.15, 0.2) is 54.6 Å². The Balaban J connectivity index is 1.47. The van der Waals surface area contributed by atoms with E-state index in [1.165, 1.54) is 24.8 Å². The Morgan fingerprint density at radius 2 is 1.41 bits per heavy atom. The van der Waals surface area contributed by atoms with Crippen molar-refractivity contribution in [2.75, 3.05) is 19.7 Å². The number of aryl methyl sites for hydroxylation is 1. The number of unbranched alkanes of at least 4 members (excludes halogenated alkanes) is 4. The van der Waals surface area contributed by atoms with Gasteiger partial charge in [0.15, 0.2) is 0 Å². The van der Waals surface area contributed by atoms with Gasteiger partial charge in [-0.25, -0.2) is 4.79 Å².